The van der Waals surface area contributed by atoms with Crippen molar-refractivity contribution < 1.29 is 4.79 Å². The summed E-state index contributed by atoms with van der Waals surface area (Å²) in [7, 11) is 0. The summed E-state index contributed by atoms with van der Waals surface area (Å²) in [4.78, 5) is 15.4. The lowest BCUT2D eigenvalue weighted by Crippen LogP contribution is -2.27. The van der Waals surface area contributed by atoms with Crippen LogP contribution < -0.4 is 5.73 Å². The number of hydrogen-bond donors (Lipinski definition) is 1. The van der Waals surface area contributed by atoms with Crippen molar-refractivity contribution in [3.63, 3.8) is 0 Å². The number of nitrogens with two attached hydrogens (primary N) is 1. The van der Waals surface area contributed by atoms with Crippen LogP contribution in [0, 0.1) is 23.2 Å². The predicted molar refractivity (Wildman–Crippen MR) is 53.6 cm³/mol. The topological polar surface area (TPSA) is 55.5 Å². The zero-order valence-electron chi connectivity index (χ0n) is 8.02. The monoisotopic (exact) mass is 190 g/mol. The summed E-state index contributed by atoms with van der Waals surface area (Å²) in [5, 5.41) is 0. The predicted octanol–water partition coefficient (Wildman–Crippen LogP) is 1.10. The van der Waals surface area contributed by atoms with Gasteiger partial charge in [0.15, 0.2) is 0 Å². The summed E-state index contributed by atoms with van der Waals surface area (Å²) < 4.78 is 0. The van der Waals surface area contributed by atoms with Crippen molar-refractivity contribution in [1.29, 1.82) is 0 Å². The van der Waals surface area contributed by atoms with E-state index in [9.17, 15) is 4.79 Å². The molecule has 2 aliphatic carbocycles. The standard InChI is InChI=1S/C11H14N2O/c12-10(14)7-2-3-8-9(7)11(8)4-1-5-13-6-11/h1,5-9H,2-4H2,(H2,12,14). The van der Waals surface area contributed by atoms with Crippen LogP contribution >= 0.6 is 0 Å². The number of aliphatic imine (C=N–C) groups is 1. The molecule has 4 atom stereocenters. The Morgan fingerprint density at radius 3 is 3.00 bits per heavy atom. The van der Waals surface area contributed by atoms with E-state index < -0.39 is 0 Å². The summed E-state index contributed by atoms with van der Waals surface area (Å²) in [5.74, 6) is 1.16. The number of amides is 1. The normalized spacial score (nSPS) is 48.1. The molecule has 2 saturated carbocycles. The first-order valence-electron chi connectivity index (χ1n) is 5.24. The van der Waals surface area contributed by atoms with Crippen LogP contribution in [-0.2, 0) is 4.79 Å². The number of primary amides is 1. The van der Waals surface area contributed by atoms with Gasteiger partial charge in [0.25, 0.3) is 0 Å². The maximum Gasteiger partial charge on any atom is 0.220 e. The Morgan fingerprint density at radius 2 is 2.36 bits per heavy atom. The van der Waals surface area contributed by atoms with Crippen molar-refractivity contribution in [2.75, 3.05) is 0 Å². The highest BCUT2D eigenvalue weighted by Gasteiger charge is 2.69. The number of rotatable bonds is 1. The molecule has 3 nitrogen and oxygen atoms in total. The van der Waals surface area contributed by atoms with Crippen molar-refractivity contribution >= 4 is 12.1 Å². The smallest absolute Gasteiger partial charge is 0.220 e. The number of allylic oxidation sites excluding steroid dienone is 1. The van der Waals surface area contributed by atoms with Crippen molar-refractivity contribution in [3.05, 3.63) is 12.3 Å². The van der Waals surface area contributed by atoms with Crippen LogP contribution in [0.3, 0.4) is 0 Å². The third-order valence-corrected chi connectivity index (χ3v) is 4.20. The largest absolute Gasteiger partial charge is 0.369 e. The third kappa shape index (κ3) is 0.825. The Balaban J connectivity index is 1.86. The van der Waals surface area contributed by atoms with Gasteiger partial charge in [0.1, 0.15) is 0 Å². The maximum atomic E-state index is 11.2. The molecule has 74 valence electrons. The lowest BCUT2D eigenvalue weighted by atomic mass is 9.87. The first kappa shape index (κ1) is 8.21. The summed E-state index contributed by atoms with van der Waals surface area (Å²) in [6, 6.07) is 0. The minimum Gasteiger partial charge on any atom is -0.369 e. The molecular formula is C11H14N2O. The van der Waals surface area contributed by atoms with Crippen LogP contribution in [0.2, 0.25) is 0 Å². The van der Waals surface area contributed by atoms with E-state index in [0.717, 1.165) is 19.3 Å². The molecule has 1 aliphatic heterocycles. The summed E-state index contributed by atoms with van der Waals surface area (Å²) >= 11 is 0. The molecule has 2 fully saturated rings. The number of hydrogen-bond acceptors (Lipinski definition) is 2. The Hall–Kier alpha value is -1.12. The number of fused-ring (bicyclic) bond motifs is 3. The Kier molecular flexibility index (Phi) is 1.45. The zero-order chi connectivity index (χ0) is 9.76. The highest BCUT2D eigenvalue weighted by atomic mass is 16.1. The Morgan fingerprint density at radius 1 is 1.50 bits per heavy atom. The zero-order valence-corrected chi connectivity index (χ0v) is 8.02. The lowest BCUT2D eigenvalue weighted by molar-refractivity contribution is -0.122. The van der Waals surface area contributed by atoms with Crippen LogP contribution in [0.15, 0.2) is 17.3 Å². The minimum atomic E-state index is -0.114. The molecule has 3 heteroatoms. The van der Waals surface area contributed by atoms with Crippen LogP contribution in [0.4, 0.5) is 0 Å². The second-order valence-electron chi connectivity index (χ2n) is 4.70. The molecule has 1 amide bonds. The van der Waals surface area contributed by atoms with E-state index in [1.165, 1.54) is 0 Å². The van der Waals surface area contributed by atoms with Gasteiger partial charge in [-0.2, -0.15) is 0 Å². The molecule has 0 aromatic rings. The molecule has 0 radical (unpaired) electrons. The van der Waals surface area contributed by atoms with Gasteiger partial charge in [-0.1, -0.05) is 6.08 Å². The van der Waals surface area contributed by atoms with Gasteiger partial charge in [-0.05, 0) is 31.1 Å². The van der Waals surface area contributed by atoms with E-state index in [1.807, 2.05) is 6.20 Å². The van der Waals surface area contributed by atoms with E-state index in [0.29, 0.717) is 11.8 Å². The molecule has 14 heavy (non-hydrogen) atoms. The third-order valence-electron chi connectivity index (χ3n) is 4.20. The van der Waals surface area contributed by atoms with Crippen molar-refractivity contribution in [3.8, 4) is 0 Å². The van der Waals surface area contributed by atoms with Crippen molar-refractivity contribution in [2.24, 2.45) is 33.9 Å². The van der Waals surface area contributed by atoms with E-state index in [4.69, 9.17) is 5.73 Å². The van der Waals surface area contributed by atoms with Crippen molar-refractivity contribution in [2.45, 2.75) is 19.3 Å². The van der Waals surface area contributed by atoms with Gasteiger partial charge in [0.05, 0.1) is 0 Å². The molecular weight excluding hydrogens is 176 g/mol. The molecule has 1 heterocycles. The van der Waals surface area contributed by atoms with Gasteiger partial charge in [-0.15, -0.1) is 0 Å². The van der Waals surface area contributed by atoms with E-state index in [2.05, 4.69) is 17.3 Å². The minimum absolute atomic E-state index is 0.109. The quantitative estimate of drug-likeness (QED) is 0.661. The van der Waals surface area contributed by atoms with Gasteiger partial charge >= 0.3 is 0 Å². The van der Waals surface area contributed by atoms with Crippen molar-refractivity contribution in [1.82, 2.24) is 0 Å². The average Bonchev–Trinajstić information content (AvgIpc) is 2.64. The van der Waals surface area contributed by atoms with Gasteiger partial charge in [0, 0.05) is 23.7 Å². The number of nitrogens with zero attached hydrogens (tertiary/aromatic N) is 1. The number of carbonyl (C=O) groups is 1. The first-order valence-corrected chi connectivity index (χ1v) is 5.24. The van der Waals surface area contributed by atoms with E-state index in [1.54, 1.807) is 0 Å². The van der Waals surface area contributed by atoms with E-state index >= 15 is 0 Å². The maximum absolute atomic E-state index is 11.2. The second-order valence-corrected chi connectivity index (χ2v) is 4.70. The number of carbonyl (C=O) groups excluding carboxylic acids is 1. The molecule has 3 aliphatic rings. The van der Waals surface area contributed by atoms with Crippen LogP contribution in [0.1, 0.15) is 19.3 Å². The van der Waals surface area contributed by atoms with E-state index in [-0.39, 0.29) is 17.2 Å². The summed E-state index contributed by atoms with van der Waals surface area (Å²) in [6.07, 6.45) is 9.20. The van der Waals surface area contributed by atoms with Crippen LogP contribution in [0.25, 0.3) is 0 Å². The molecule has 0 aromatic heterocycles. The van der Waals surface area contributed by atoms with Gasteiger partial charge in [0.2, 0.25) is 5.91 Å². The molecule has 4 unspecified atom stereocenters. The fourth-order valence-corrected chi connectivity index (χ4v) is 3.56. The lowest BCUT2D eigenvalue weighted by Gasteiger charge is -2.19. The molecule has 3 rings (SSSR count). The highest BCUT2D eigenvalue weighted by molar-refractivity contribution is 5.82. The molecule has 0 aromatic carbocycles. The molecule has 0 bridgehead atoms. The summed E-state index contributed by atoms with van der Waals surface area (Å²) in [5.41, 5.74) is 5.62. The highest BCUT2D eigenvalue weighted by Crippen LogP contribution is 2.70. The Bertz CT molecular complexity index is 347. The fourth-order valence-electron chi connectivity index (χ4n) is 3.56. The molecule has 2 N–H and O–H groups in total. The first-order chi connectivity index (χ1) is 6.76. The van der Waals surface area contributed by atoms with Gasteiger partial charge < -0.3 is 5.73 Å². The second kappa shape index (κ2) is 2.47. The van der Waals surface area contributed by atoms with Gasteiger partial charge in [-0.25, -0.2) is 0 Å². The van der Waals surface area contributed by atoms with Crippen LogP contribution in [0.5, 0.6) is 0 Å². The molecule has 1 spiro atoms. The van der Waals surface area contributed by atoms with Gasteiger partial charge in [-0.3, -0.25) is 9.79 Å². The Labute approximate surface area is 83.1 Å². The molecule has 0 saturated heterocycles. The SMILES string of the molecule is NC(=O)C1CCC2C1C21C=NC=CC1. The summed E-state index contributed by atoms with van der Waals surface area (Å²) in [6.45, 7) is 0. The van der Waals surface area contributed by atoms with Crippen LogP contribution in [-0.4, -0.2) is 12.1 Å². The average molecular weight is 190 g/mol. The fraction of sp³-hybridized carbons (Fsp3) is 0.636.